The van der Waals surface area contributed by atoms with E-state index in [1.54, 1.807) is 0 Å². The van der Waals surface area contributed by atoms with Gasteiger partial charge in [-0.15, -0.1) is 0 Å². The summed E-state index contributed by atoms with van der Waals surface area (Å²) < 4.78 is 15.4. The van der Waals surface area contributed by atoms with Crippen molar-refractivity contribution < 1.29 is 8.83 Å². The molecule has 0 spiro atoms. The van der Waals surface area contributed by atoms with Crippen molar-refractivity contribution in [3.05, 3.63) is 182 Å². The summed E-state index contributed by atoms with van der Waals surface area (Å²) in [5.41, 5.74) is 8.97. The first-order chi connectivity index (χ1) is 29.2. The summed E-state index contributed by atoms with van der Waals surface area (Å²) >= 11 is 0. The molecule has 0 aliphatic heterocycles. The van der Waals surface area contributed by atoms with Crippen LogP contribution < -0.4 is 0 Å². The van der Waals surface area contributed by atoms with Crippen LogP contribution in [0, 0.1) is 0 Å². The largest absolute Gasteiger partial charge is 0.456 e. The summed E-state index contributed by atoms with van der Waals surface area (Å²) in [5, 5.41) is 10.9. The fourth-order valence-corrected chi connectivity index (χ4v) is 9.23. The van der Waals surface area contributed by atoms with E-state index in [0.717, 1.165) is 98.8 Å². The van der Waals surface area contributed by atoms with Crippen LogP contribution >= 0.6 is 0 Å². The van der Waals surface area contributed by atoms with Gasteiger partial charge in [-0.1, -0.05) is 133 Å². The third-order valence-electron chi connectivity index (χ3n) is 11.8. The minimum absolute atomic E-state index is 0.552. The van der Waals surface area contributed by atoms with E-state index in [4.69, 9.17) is 23.8 Å². The fraction of sp³-hybridized carbons (Fsp3) is 0. The molecule has 0 fully saturated rings. The van der Waals surface area contributed by atoms with Crippen molar-refractivity contribution >= 4 is 87.2 Å². The summed E-state index contributed by atoms with van der Waals surface area (Å²) in [6, 6.07) is 63.2. The second kappa shape index (κ2) is 12.2. The average molecular weight is 755 g/mol. The highest BCUT2D eigenvalue weighted by atomic mass is 16.3. The van der Waals surface area contributed by atoms with Crippen molar-refractivity contribution in [2.24, 2.45) is 0 Å². The van der Waals surface area contributed by atoms with Crippen LogP contribution in [0.5, 0.6) is 0 Å². The van der Waals surface area contributed by atoms with Crippen LogP contribution in [0.1, 0.15) is 0 Å². The lowest BCUT2D eigenvalue weighted by Crippen LogP contribution is -2.04. The van der Waals surface area contributed by atoms with Gasteiger partial charge in [0.15, 0.2) is 17.5 Å². The highest BCUT2D eigenvalue weighted by Gasteiger charge is 2.25. The molecule has 13 aromatic rings. The third-order valence-corrected chi connectivity index (χ3v) is 11.8. The zero-order valence-corrected chi connectivity index (χ0v) is 31.4. The zero-order valence-electron chi connectivity index (χ0n) is 31.4. The van der Waals surface area contributed by atoms with E-state index in [2.05, 4.69) is 144 Å². The lowest BCUT2D eigenvalue weighted by molar-refractivity contribution is 0.668. The van der Waals surface area contributed by atoms with E-state index in [0.29, 0.717) is 17.5 Å². The Balaban J connectivity index is 1.20. The smallest absolute Gasteiger partial charge is 0.166 e. The van der Waals surface area contributed by atoms with Crippen LogP contribution in [0.25, 0.3) is 127 Å². The summed E-state index contributed by atoms with van der Waals surface area (Å²) in [4.78, 5) is 16.2. The predicted octanol–water partition coefficient (Wildman–Crippen LogP) is 14.1. The van der Waals surface area contributed by atoms with Crippen LogP contribution in [0.3, 0.4) is 0 Å². The summed E-state index contributed by atoms with van der Waals surface area (Å²) in [7, 11) is 0. The molecule has 0 unspecified atom stereocenters. The Morgan fingerprint density at radius 1 is 0.322 bits per heavy atom. The maximum Gasteiger partial charge on any atom is 0.166 e. The molecule has 0 bridgehead atoms. The number of hydrogen-bond acceptors (Lipinski definition) is 5. The molecule has 0 atom stereocenters. The van der Waals surface area contributed by atoms with Gasteiger partial charge in [-0.2, -0.15) is 0 Å². The Kier molecular flexibility index (Phi) is 6.63. The molecule has 4 aromatic heterocycles. The SMILES string of the molecule is c1ccc2cc3c(cc2c1)c1ccccc1n3-c1c(-c2nc(-c3cccc4ccccc34)nc(-c3cccc4oc5ccccc5c34)n2)ccc2oc3ccccc3c12. The number of aromatic nitrogens is 4. The highest BCUT2D eigenvalue weighted by Crippen LogP contribution is 2.45. The minimum atomic E-state index is 0.552. The molecule has 13 rings (SSSR count). The van der Waals surface area contributed by atoms with Crippen LogP contribution in [0.15, 0.2) is 191 Å². The van der Waals surface area contributed by atoms with Crippen molar-refractivity contribution in [1.82, 2.24) is 19.5 Å². The highest BCUT2D eigenvalue weighted by molar-refractivity contribution is 6.18. The van der Waals surface area contributed by atoms with Gasteiger partial charge in [0.25, 0.3) is 0 Å². The van der Waals surface area contributed by atoms with Gasteiger partial charge in [-0.3, -0.25) is 0 Å². The first-order valence-corrected chi connectivity index (χ1v) is 19.8. The Labute approximate surface area is 336 Å². The van der Waals surface area contributed by atoms with Crippen LogP contribution in [-0.2, 0) is 0 Å². The summed E-state index contributed by atoms with van der Waals surface area (Å²) in [6.07, 6.45) is 0. The average Bonchev–Trinajstić information content (AvgIpc) is 3.97. The molecule has 59 heavy (non-hydrogen) atoms. The number of rotatable bonds is 4. The molecule has 0 radical (unpaired) electrons. The Morgan fingerprint density at radius 3 is 1.63 bits per heavy atom. The minimum Gasteiger partial charge on any atom is -0.456 e. The third kappa shape index (κ3) is 4.71. The summed E-state index contributed by atoms with van der Waals surface area (Å²) in [5.74, 6) is 1.70. The van der Waals surface area contributed by atoms with E-state index in [1.165, 1.54) is 10.8 Å². The molecule has 4 heterocycles. The molecule has 6 nitrogen and oxygen atoms in total. The lowest BCUT2D eigenvalue weighted by Gasteiger charge is -2.16. The van der Waals surface area contributed by atoms with Crippen molar-refractivity contribution in [3.63, 3.8) is 0 Å². The molecular weight excluding hydrogens is 725 g/mol. The first-order valence-electron chi connectivity index (χ1n) is 19.8. The van der Waals surface area contributed by atoms with Crippen LogP contribution in [0.4, 0.5) is 0 Å². The molecule has 0 saturated carbocycles. The number of benzene rings is 9. The van der Waals surface area contributed by atoms with Crippen LogP contribution in [-0.4, -0.2) is 19.5 Å². The van der Waals surface area contributed by atoms with Gasteiger partial charge in [0.2, 0.25) is 0 Å². The topological polar surface area (TPSA) is 69.9 Å². The Bertz CT molecular complexity index is 3870. The van der Waals surface area contributed by atoms with Crippen molar-refractivity contribution in [3.8, 4) is 39.9 Å². The molecule has 274 valence electrons. The fourth-order valence-electron chi connectivity index (χ4n) is 9.23. The Hall–Kier alpha value is -8.09. The monoisotopic (exact) mass is 754 g/mol. The van der Waals surface area contributed by atoms with Gasteiger partial charge in [-0.25, -0.2) is 15.0 Å². The van der Waals surface area contributed by atoms with E-state index in [1.807, 2.05) is 42.5 Å². The van der Waals surface area contributed by atoms with Crippen LogP contribution in [0.2, 0.25) is 0 Å². The molecule has 0 N–H and O–H groups in total. The number of nitrogens with zero attached hydrogens (tertiary/aromatic N) is 4. The molecule has 0 amide bonds. The number of furan rings is 2. The van der Waals surface area contributed by atoms with Gasteiger partial charge in [-0.05, 0) is 70.1 Å². The molecule has 6 heteroatoms. The molecule has 0 aliphatic carbocycles. The van der Waals surface area contributed by atoms with Gasteiger partial charge in [0.05, 0.1) is 22.1 Å². The number of para-hydroxylation sites is 3. The molecule has 9 aromatic carbocycles. The maximum absolute atomic E-state index is 6.61. The Morgan fingerprint density at radius 2 is 0.847 bits per heavy atom. The van der Waals surface area contributed by atoms with E-state index in [9.17, 15) is 0 Å². The predicted molar refractivity (Wildman–Crippen MR) is 240 cm³/mol. The standard InChI is InChI=1S/C53H30N4O2/c1-2-15-33-30-43-41(29-32(33)14-1)35-18-5-8-23-42(35)57(43)50-40(27-28-47-49(50)38-20-7-10-25-45(38)59-47)53-55-51(36-21-11-16-31-13-3-4-17-34(31)36)54-52(56-53)39-22-12-26-46-48(39)37-19-6-9-24-44(37)58-46/h1-30H. The van der Waals surface area contributed by atoms with E-state index in [-0.39, 0.29) is 0 Å². The van der Waals surface area contributed by atoms with Crippen molar-refractivity contribution in [2.75, 3.05) is 0 Å². The van der Waals surface area contributed by atoms with Gasteiger partial charge >= 0.3 is 0 Å². The second-order valence-electron chi connectivity index (χ2n) is 15.1. The number of fused-ring (bicyclic) bond motifs is 11. The van der Waals surface area contributed by atoms with Gasteiger partial charge in [0, 0.05) is 43.6 Å². The lowest BCUT2D eigenvalue weighted by atomic mass is 10.0. The number of hydrogen-bond donors (Lipinski definition) is 0. The normalized spacial score (nSPS) is 12.1. The van der Waals surface area contributed by atoms with Crippen molar-refractivity contribution in [2.45, 2.75) is 0 Å². The van der Waals surface area contributed by atoms with E-state index < -0.39 is 0 Å². The molecule has 0 aliphatic rings. The second-order valence-corrected chi connectivity index (χ2v) is 15.1. The van der Waals surface area contributed by atoms with Crippen molar-refractivity contribution in [1.29, 1.82) is 0 Å². The maximum atomic E-state index is 6.61. The zero-order chi connectivity index (χ0) is 38.6. The molecule has 0 saturated heterocycles. The first kappa shape index (κ1) is 32.0. The quantitative estimate of drug-likeness (QED) is 0.179. The van der Waals surface area contributed by atoms with E-state index >= 15 is 0 Å². The molecular formula is C53H30N4O2. The summed E-state index contributed by atoms with van der Waals surface area (Å²) in [6.45, 7) is 0. The van der Waals surface area contributed by atoms with Gasteiger partial charge in [0.1, 0.15) is 22.3 Å². The van der Waals surface area contributed by atoms with Gasteiger partial charge < -0.3 is 13.4 Å².